The van der Waals surface area contributed by atoms with Crippen LogP contribution in [0.25, 0.3) is 0 Å². The number of rotatable bonds is 8. The minimum absolute atomic E-state index is 0.0619. The maximum absolute atomic E-state index is 14.2. The largest absolute Gasteiger partial charge is 0.747 e. The second-order valence-corrected chi connectivity index (χ2v) is 7.24. The molecule has 0 amide bonds. The van der Waals surface area contributed by atoms with Gasteiger partial charge in [0.1, 0.15) is 21.0 Å². The molecule has 20 heavy (non-hydrogen) atoms. The van der Waals surface area contributed by atoms with Crippen LogP contribution in [0, 0.1) is 0 Å². The Hall–Kier alpha value is -0.680. The molecule has 3 nitrogen and oxygen atoms in total. The fourth-order valence-electron chi connectivity index (χ4n) is 2.54. The molecular weight excluding hydrogens is 279 g/mol. The van der Waals surface area contributed by atoms with Crippen LogP contribution >= 0.6 is 0 Å². The van der Waals surface area contributed by atoms with Crippen LogP contribution < -0.4 is 0 Å². The minimum atomic E-state index is -4.71. The van der Waals surface area contributed by atoms with E-state index >= 15 is 0 Å². The lowest BCUT2D eigenvalue weighted by Crippen LogP contribution is -2.46. The topological polar surface area (TPSA) is 57.2 Å². The maximum atomic E-state index is 14.2. The van der Waals surface area contributed by atoms with Crippen molar-refractivity contribution in [3.8, 4) is 0 Å². The van der Waals surface area contributed by atoms with E-state index in [2.05, 4.69) is 6.92 Å². The van der Waals surface area contributed by atoms with Gasteiger partial charge in [-0.3, -0.25) is 0 Å². The summed E-state index contributed by atoms with van der Waals surface area (Å²) in [5.41, 5.74) is 0.653. The summed E-state index contributed by atoms with van der Waals surface area (Å²) in [6.45, 7) is 3.81. The highest BCUT2D eigenvalue weighted by atomic mass is 32.2. The fraction of sp³-hybridized carbons (Fsp3) is 0.733. The normalized spacial score (nSPS) is 26.6. The van der Waals surface area contributed by atoms with E-state index in [1.807, 2.05) is 0 Å². The van der Waals surface area contributed by atoms with Crippen LogP contribution in [-0.4, -0.2) is 23.9 Å². The molecule has 0 radical (unpaired) electrons. The lowest BCUT2D eigenvalue weighted by Gasteiger charge is -2.37. The Labute approximate surface area is 121 Å². The maximum Gasteiger partial charge on any atom is 0.141 e. The van der Waals surface area contributed by atoms with Gasteiger partial charge in [0, 0.05) is 0 Å². The zero-order valence-corrected chi connectivity index (χ0v) is 13.1. The molecule has 0 fully saturated rings. The number of hydrogen-bond donors (Lipinski definition) is 0. The first-order valence-electron chi connectivity index (χ1n) is 7.30. The Kier molecular flexibility index (Phi) is 6.40. The first kappa shape index (κ1) is 17.4. The Morgan fingerprint density at radius 2 is 1.85 bits per heavy atom. The standard InChI is InChI=1S/C15H25FO3S/c1-3-4-5-6-7-8-10-15(20(17,18)19)11-9-13(2)12-14(15)16/h9,11-12,14H,3-8,10H2,1-2H3,(H,17,18,19)/p-1. The third kappa shape index (κ3) is 4.16. The molecule has 116 valence electrons. The smallest absolute Gasteiger partial charge is 0.141 e. The molecule has 2 atom stereocenters. The summed E-state index contributed by atoms with van der Waals surface area (Å²) in [4.78, 5) is 0. The van der Waals surface area contributed by atoms with E-state index in [1.54, 1.807) is 6.92 Å². The molecule has 1 aliphatic rings. The third-order valence-electron chi connectivity index (χ3n) is 3.89. The molecule has 0 saturated carbocycles. The van der Waals surface area contributed by atoms with Gasteiger partial charge < -0.3 is 4.55 Å². The lowest BCUT2D eigenvalue weighted by atomic mass is 9.89. The van der Waals surface area contributed by atoms with Gasteiger partial charge in [-0.05, 0) is 19.4 Å². The summed E-state index contributed by atoms with van der Waals surface area (Å²) < 4.78 is 46.8. The molecule has 0 aromatic rings. The van der Waals surface area contributed by atoms with E-state index in [1.165, 1.54) is 18.2 Å². The summed E-state index contributed by atoms with van der Waals surface area (Å²) in [6.07, 6.45) is 8.11. The first-order valence-corrected chi connectivity index (χ1v) is 8.71. The van der Waals surface area contributed by atoms with Crippen LogP contribution in [0.3, 0.4) is 0 Å². The molecular formula is C15H24FO3S-. The highest BCUT2D eigenvalue weighted by Gasteiger charge is 2.43. The number of unbranched alkanes of at least 4 members (excludes halogenated alkanes) is 5. The van der Waals surface area contributed by atoms with Gasteiger partial charge >= 0.3 is 0 Å². The van der Waals surface area contributed by atoms with E-state index < -0.39 is 21.0 Å². The SMILES string of the molecule is CCCCCCCCC1(S(=O)(=O)[O-])C=CC(C)=CC1F. The zero-order chi connectivity index (χ0) is 15.2. The summed E-state index contributed by atoms with van der Waals surface area (Å²) in [6, 6.07) is 0. The van der Waals surface area contributed by atoms with Crippen molar-refractivity contribution in [2.45, 2.75) is 69.7 Å². The number of hydrogen-bond acceptors (Lipinski definition) is 3. The number of halogens is 1. The van der Waals surface area contributed by atoms with E-state index in [0.29, 0.717) is 12.0 Å². The van der Waals surface area contributed by atoms with Gasteiger partial charge in [-0.15, -0.1) is 0 Å². The van der Waals surface area contributed by atoms with Crippen molar-refractivity contribution in [3.05, 3.63) is 23.8 Å². The number of allylic oxidation sites excluding steroid dienone is 3. The van der Waals surface area contributed by atoms with Crippen LogP contribution in [0.1, 0.15) is 58.8 Å². The van der Waals surface area contributed by atoms with Crippen molar-refractivity contribution in [3.63, 3.8) is 0 Å². The van der Waals surface area contributed by atoms with Gasteiger partial charge in [-0.1, -0.05) is 63.2 Å². The quantitative estimate of drug-likeness (QED) is 0.505. The van der Waals surface area contributed by atoms with Crippen molar-refractivity contribution in [1.29, 1.82) is 0 Å². The molecule has 0 saturated heterocycles. The zero-order valence-electron chi connectivity index (χ0n) is 12.3. The molecule has 0 bridgehead atoms. The van der Waals surface area contributed by atoms with Crippen LogP contribution in [0.2, 0.25) is 0 Å². The van der Waals surface area contributed by atoms with Crippen molar-refractivity contribution in [2.24, 2.45) is 0 Å². The van der Waals surface area contributed by atoms with Crippen molar-refractivity contribution >= 4 is 10.1 Å². The second-order valence-electron chi connectivity index (χ2n) is 5.57. The van der Waals surface area contributed by atoms with Crippen LogP contribution in [0.15, 0.2) is 23.8 Å². The molecule has 2 unspecified atom stereocenters. The first-order chi connectivity index (χ1) is 9.33. The predicted molar refractivity (Wildman–Crippen MR) is 78.2 cm³/mol. The predicted octanol–water partition coefficient (Wildman–Crippen LogP) is 3.88. The van der Waals surface area contributed by atoms with Crippen LogP contribution in [0.5, 0.6) is 0 Å². The molecule has 0 aromatic carbocycles. The van der Waals surface area contributed by atoms with Crippen molar-refractivity contribution in [1.82, 2.24) is 0 Å². The number of alkyl halides is 1. The highest BCUT2D eigenvalue weighted by Crippen LogP contribution is 2.36. The average molecular weight is 303 g/mol. The van der Waals surface area contributed by atoms with E-state index in [9.17, 15) is 17.4 Å². The van der Waals surface area contributed by atoms with Crippen molar-refractivity contribution < 1.29 is 17.4 Å². The third-order valence-corrected chi connectivity index (χ3v) is 5.39. The van der Waals surface area contributed by atoms with Gasteiger partial charge in [0.25, 0.3) is 0 Å². The van der Waals surface area contributed by atoms with Gasteiger partial charge in [0.2, 0.25) is 0 Å². The average Bonchev–Trinajstić information content (AvgIpc) is 2.34. The van der Waals surface area contributed by atoms with Crippen LogP contribution in [-0.2, 0) is 10.1 Å². The molecule has 0 N–H and O–H groups in total. The summed E-state index contributed by atoms with van der Waals surface area (Å²) >= 11 is 0. The Morgan fingerprint density at radius 3 is 2.40 bits per heavy atom. The van der Waals surface area contributed by atoms with E-state index in [-0.39, 0.29) is 6.42 Å². The molecule has 0 heterocycles. The summed E-state index contributed by atoms with van der Waals surface area (Å²) in [5, 5.41) is 0. The van der Waals surface area contributed by atoms with E-state index in [0.717, 1.165) is 32.1 Å². The highest BCUT2D eigenvalue weighted by molar-refractivity contribution is 7.87. The second kappa shape index (κ2) is 7.36. The molecule has 1 rings (SSSR count). The summed E-state index contributed by atoms with van der Waals surface area (Å²) in [7, 11) is -4.71. The van der Waals surface area contributed by atoms with Gasteiger partial charge in [-0.25, -0.2) is 12.8 Å². The Bertz CT molecular complexity index is 468. The van der Waals surface area contributed by atoms with Gasteiger partial charge in [0.05, 0.1) is 0 Å². The van der Waals surface area contributed by atoms with Crippen molar-refractivity contribution in [2.75, 3.05) is 0 Å². The monoisotopic (exact) mass is 303 g/mol. The fourth-order valence-corrected chi connectivity index (χ4v) is 3.51. The van der Waals surface area contributed by atoms with E-state index in [4.69, 9.17) is 0 Å². The summed E-state index contributed by atoms with van der Waals surface area (Å²) in [5.74, 6) is 0. The Balaban J connectivity index is 2.66. The molecule has 0 spiro atoms. The molecule has 1 aliphatic carbocycles. The minimum Gasteiger partial charge on any atom is -0.747 e. The molecule has 5 heteroatoms. The van der Waals surface area contributed by atoms with Gasteiger partial charge in [0.15, 0.2) is 0 Å². The Morgan fingerprint density at radius 1 is 1.25 bits per heavy atom. The molecule has 0 aromatic heterocycles. The van der Waals surface area contributed by atoms with Crippen LogP contribution in [0.4, 0.5) is 4.39 Å². The molecule has 0 aliphatic heterocycles. The lowest BCUT2D eigenvalue weighted by molar-refractivity contribution is 0.292. The van der Waals surface area contributed by atoms with Gasteiger partial charge in [-0.2, -0.15) is 0 Å².